The van der Waals surface area contributed by atoms with Gasteiger partial charge in [-0.1, -0.05) is 24.3 Å². The van der Waals surface area contributed by atoms with Gasteiger partial charge in [-0.05, 0) is 67.1 Å². The van der Waals surface area contributed by atoms with Crippen molar-refractivity contribution >= 4 is 0 Å². The summed E-state index contributed by atoms with van der Waals surface area (Å²) < 4.78 is 19.6. The molecule has 33 heavy (non-hydrogen) atoms. The van der Waals surface area contributed by atoms with E-state index in [1.807, 2.05) is 35.3 Å². The van der Waals surface area contributed by atoms with Gasteiger partial charge in [-0.3, -0.25) is 4.79 Å². The molecule has 0 saturated carbocycles. The summed E-state index contributed by atoms with van der Waals surface area (Å²) in [5.74, 6) is -0.457. The van der Waals surface area contributed by atoms with Crippen molar-refractivity contribution in [3.8, 4) is 22.6 Å². The van der Waals surface area contributed by atoms with Crippen LogP contribution in [0.15, 0.2) is 78.0 Å². The van der Waals surface area contributed by atoms with Crippen molar-refractivity contribution in [2.45, 2.75) is 32.2 Å². The second-order valence-corrected chi connectivity index (χ2v) is 8.44. The molecule has 7 heteroatoms. The summed E-state index contributed by atoms with van der Waals surface area (Å²) in [5.41, 5.74) is 5.59. The summed E-state index contributed by atoms with van der Waals surface area (Å²) in [6, 6.07) is 16.4. The molecule has 3 aromatic rings. The molecule has 2 aromatic carbocycles. The number of fused-ring (bicyclic) bond motifs is 3. The summed E-state index contributed by atoms with van der Waals surface area (Å²) in [6.45, 7) is 0.655. The predicted octanol–water partition coefficient (Wildman–Crippen LogP) is 4.39. The van der Waals surface area contributed by atoms with Crippen molar-refractivity contribution in [2.75, 3.05) is 0 Å². The fourth-order valence-electron chi connectivity index (χ4n) is 4.75. The highest BCUT2D eigenvalue weighted by atomic mass is 19.1. The molecule has 3 heterocycles. The summed E-state index contributed by atoms with van der Waals surface area (Å²) in [7, 11) is 0. The molecule has 0 spiro atoms. The number of benzene rings is 2. The van der Waals surface area contributed by atoms with Crippen molar-refractivity contribution in [1.29, 1.82) is 0 Å². The molecule has 0 unspecified atom stereocenters. The number of hydrogen-bond acceptors (Lipinski definition) is 3. The average Bonchev–Trinajstić information content (AvgIpc) is 3.49. The van der Waals surface area contributed by atoms with E-state index in [9.17, 15) is 9.18 Å². The summed E-state index contributed by atoms with van der Waals surface area (Å²) in [4.78, 5) is 13.3. The number of hydrogen-bond donors (Lipinski definition) is 0. The molecule has 0 atom stereocenters. The zero-order valence-corrected chi connectivity index (χ0v) is 18.0. The Bertz CT molecular complexity index is 1460. The fraction of sp³-hybridized carbons (Fsp3) is 0.192. The first kappa shape index (κ1) is 19.7. The normalized spacial score (nSPS) is 13.4. The Morgan fingerprint density at radius 2 is 1.79 bits per heavy atom. The SMILES string of the molecule is O=c1c2cn(Cc3ccc(-n4cccn4)cc3)c3c(c-2nn1-c1ccccc1F)CCCC3. The van der Waals surface area contributed by atoms with Gasteiger partial charge < -0.3 is 4.57 Å². The number of nitrogens with zero attached hydrogens (tertiary/aromatic N) is 5. The predicted molar refractivity (Wildman–Crippen MR) is 124 cm³/mol. The van der Waals surface area contributed by atoms with Crippen LogP contribution in [0.5, 0.6) is 0 Å². The van der Waals surface area contributed by atoms with Gasteiger partial charge in [-0.25, -0.2) is 9.07 Å². The van der Waals surface area contributed by atoms with Crippen molar-refractivity contribution in [3.05, 3.63) is 106 Å². The van der Waals surface area contributed by atoms with Crippen LogP contribution in [0.1, 0.15) is 29.7 Å². The molecule has 0 bridgehead atoms. The van der Waals surface area contributed by atoms with Crippen molar-refractivity contribution in [2.24, 2.45) is 0 Å². The Balaban J connectivity index is 1.45. The molecule has 1 aliphatic carbocycles. The highest BCUT2D eigenvalue weighted by Crippen LogP contribution is 2.32. The second-order valence-electron chi connectivity index (χ2n) is 8.44. The lowest BCUT2D eigenvalue weighted by Crippen LogP contribution is -2.19. The summed E-state index contributed by atoms with van der Waals surface area (Å²) in [5, 5.41) is 8.86. The summed E-state index contributed by atoms with van der Waals surface area (Å²) >= 11 is 0. The van der Waals surface area contributed by atoms with Crippen LogP contribution in [-0.2, 0) is 19.4 Å². The van der Waals surface area contributed by atoms with Crippen LogP contribution in [-0.4, -0.2) is 24.1 Å². The smallest absolute Gasteiger partial charge is 0.282 e. The molecule has 6 rings (SSSR count). The fourth-order valence-corrected chi connectivity index (χ4v) is 4.75. The van der Waals surface area contributed by atoms with Gasteiger partial charge in [-0.2, -0.15) is 14.9 Å². The minimum atomic E-state index is -0.457. The third-order valence-corrected chi connectivity index (χ3v) is 6.37. The van der Waals surface area contributed by atoms with E-state index in [-0.39, 0.29) is 11.2 Å². The third-order valence-electron chi connectivity index (χ3n) is 6.37. The van der Waals surface area contributed by atoms with E-state index in [0.29, 0.717) is 17.8 Å². The van der Waals surface area contributed by atoms with Crippen LogP contribution in [0.25, 0.3) is 22.6 Å². The largest absolute Gasteiger partial charge is 0.346 e. The summed E-state index contributed by atoms with van der Waals surface area (Å²) in [6.07, 6.45) is 9.55. The second kappa shape index (κ2) is 7.85. The lowest BCUT2D eigenvalue weighted by molar-refractivity contribution is 0.606. The number of rotatable bonds is 4. The molecular formula is C26H22FN5O. The topological polar surface area (TPSA) is 57.6 Å². The van der Waals surface area contributed by atoms with Crippen LogP contribution in [0, 0.1) is 5.82 Å². The van der Waals surface area contributed by atoms with Crippen molar-refractivity contribution in [3.63, 3.8) is 0 Å². The number of halogens is 1. The maximum atomic E-state index is 14.4. The molecule has 0 radical (unpaired) electrons. The van der Waals surface area contributed by atoms with Crippen LogP contribution in [0.4, 0.5) is 4.39 Å². The van der Waals surface area contributed by atoms with Gasteiger partial charge in [0.25, 0.3) is 5.56 Å². The number of pyridine rings is 1. The molecule has 2 aliphatic heterocycles. The van der Waals surface area contributed by atoms with Crippen LogP contribution in [0.3, 0.4) is 0 Å². The molecule has 0 N–H and O–H groups in total. The van der Waals surface area contributed by atoms with Gasteiger partial charge in [0.2, 0.25) is 0 Å². The molecule has 1 aromatic heterocycles. The van der Waals surface area contributed by atoms with Gasteiger partial charge >= 0.3 is 0 Å². The minimum absolute atomic E-state index is 0.184. The molecule has 0 saturated heterocycles. The van der Waals surface area contributed by atoms with E-state index in [4.69, 9.17) is 0 Å². The van der Waals surface area contributed by atoms with Gasteiger partial charge in [0.15, 0.2) is 0 Å². The Hall–Kier alpha value is -4.00. The Morgan fingerprint density at radius 3 is 2.58 bits per heavy atom. The number of aromatic nitrogens is 5. The zero-order valence-electron chi connectivity index (χ0n) is 18.0. The Kier molecular flexibility index (Phi) is 4.68. The maximum absolute atomic E-state index is 14.4. The average molecular weight is 439 g/mol. The first-order valence-electron chi connectivity index (χ1n) is 11.2. The first-order valence-corrected chi connectivity index (χ1v) is 11.2. The van der Waals surface area contributed by atoms with Crippen LogP contribution in [0.2, 0.25) is 0 Å². The molecule has 0 fully saturated rings. The van der Waals surface area contributed by atoms with Gasteiger partial charge in [0, 0.05) is 30.8 Å². The molecule has 0 amide bonds. The van der Waals surface area contributed by atoms with E-state index in [1.165, 1.54) is 16.4 Å². The Labute approximate surface area is 189 Å². The standard InChI is InChI=1S/C26H22FN5O/c27-22-7-2-4-9-24(22)32-26(33)21-17-30(23-8-3-1-6-20(23)25(21)29-32)16-18-10-12-19(13-11-18)31-15-5-14-28-31/h2,4-5,7,9-15,17H,1,3,6,8,16H2. The van der Waals surface area contributed by atoms with Crippen LogP contribution < -0.4 is 5.56 Å². The molecule has 3 aliphatic rings. The maximum Gasteiger partial charge on any atom is 0.282 e. The monoisotopic (exact) mass is 439 g/mol. The van der Waals surface area contributed by atoms with E-state index in [1.54, 1.807) is 24.4 Å². The van der Waals surface area contributed by atoms with Gasteiger partial charge in [-0.15, -0.1) is 0 Å². The first-order chi connectivity index (χ1) is 16.2. The van der Waals surface area contributed by atoms with E-state index in [0.717, 1.165) is 42.5 Å². The highest BCUT2D eigenvalue weighted by molar-refractivity contribution is 5.66. The van der Waals surface area contributed by atoms with E-state index in [2.05, 4.69) is 26.9 Å². The molecular weight excluding hydrogens is 417 g/mol. The minimum Gasteiger partial charge on any atom is -0.346 e. The van der Waals surface area contributed by atoms with Crippen LogP contribution >= 0.6 is 0 Å². The van der Waals surface area contributed by atoms with E-state index >= 15 is 0 Å². The third kappa shape index (κ3) is 3.36. The van der Waals surface area contributed by atoms with Crippen molar-refractivity contribution in [1.82, 2.24) is 24.1 Å². The van der Waals surface area contributed by atoms with Crippen molar-refractivity contribution < 1.29 is 4.39 Å². The van der Waals surface area contributed by atoms with Gasteiger partial charge in [0.05, 0.1) is 11.3 Å². The Morgan fingerprint density at radius 1 is 0.970 bits per heavy atom. The highest BCUT2D eigenvalue weighted by Gasteiger charge is 2.26. The molecule has 6 nitrogen and oxygen atoms in total. The quantitative estimate of drug-likeness (QED) is 0.417. The molecule has 164 valence electrons. The number of para-hydroxylation sites is 1. The zero-order chi connectivity index (χ0) is 22.4. The lowest BCUT2D eigenvalue weighted by Gasteiger charge is -2.24. The lowest BCUT2D eigenvalue weighted by atomic mass is 9.91. The van der Waals surface area contributed by atoms with E-state index < -0.39 is 5.82 Å². The van der Waals surface area contributed by atoms with Gasteiger partial charge in [0.1, 0.15) is 17.2 Å².